The molecule has 0 saturated heterocycles. The van der Waals surface area contributed by atoms with E-state index in [0.717, 1.165) is 46.8 Å². The summed E-state index contributed by atoms with van der Waals surface area (Å²) in [6.07, 6.45) is 3.26. The van der Waals surface area contributed by atoms with Gasteiger partial charge in [-0.3, -0.25) is 38.4 Å². The van der Waals surface area contributed by atoms with E-state index in [1.807, 2.05) is 12.1 Å². The molecule has 1 aliphatic heterocycles. The van der Waals surface area contributed by atoms with Crippen molar-refractivity contribution in [1.82, 2.24) is 0 Å². The molecule has 88 heavy (non-hydrogen) atoms. The van der Waals surface area contributed by atoms with Gasteiger partial charge in [-0.1, -0.05) is 60.9 Å². The van der Waals surface area contributed by atoms with Crippen molar-refractivity contribution in [3.05, 3.63) is 106 Å². The second kappa shape index (κ2) is 34.0. The van der Waals surface area contributed by atoms with E-state index >= 15 is 0 Å². The lowest BCUT2D eigenvalue weighted by Crippen LogP contribution is -2.31. The molecule has 466 valence electrons. The van der Waals surface area contributed by atoms with E-state index in [0.29, 0.717) is 101 Å². The van der Waals surface area contributed by atoms with Crippen molar-refractivity contribution in [3.63, 3.8) is 0 Å². The molecule has 0 spiro atoms. The van der Waals surface area contributed by atoms with E-state index in [1.165, 1.54) is 0 Å². The molecule has 3 aliphatic rings. The Morgan fingerprint density at radius 1 is 0.500 bits per heavy atom. The summed E-state index contributed by atoms with van der Waals surface area (Å²) in [5.74, 6) is -6.74. The molecule has 2 atom stereocenters. The van der Waals surface area contributed by atoms with Crippen LogP contribution in [0.25, 0.3) is 0 Å². The quantitative estimate of drug-likeness (QED) is 0.0215. The van der Waals surface area contributed by atoms with Gasteiger partial charge in [0.1, 0.15) is 66.1 Å². The molecule has 2 fully saturated rings. The second-order valence-electron chi connectivity index (χ2n) is 20.9. The van der Waals surface area contributed by atoms with E-state index < -0.39 is 95.6 Å². The normalized spacial score (nSPS) is 17.3. The summed E-state index contributed by atoms with van der Waals surface area (Å²) < 4.78 is 54.4. The molecule has 2 aliphatic carbocycles. The second-order valence-corrected chi connectivity index (χ2v) is 23.2. The third kappa shape index (κ3) is 20.7. The molecule has 2 saturated carbocycles. The highest BCUT2D eigenvalue weighted by Crippen LogP contribution is 2.61. The van der Waals surface area contributed by atoms with Crippen LogP contribution in [0, 0.1) is 60.2 Å². The third-order valence-corrected chi connectivity index (χ3v) is 17.0. The van der Waals surface area contributed by atoms with Gasteiger partial charge in [-0.05, 0) is 126 Å². The summed E-state index contributed by atoms with van der Waals surface area (Å²) in [4.78, 5) is 126. The van der Waals surface area contributed by atoms with Gasteiger partial charge < -0.3 is 47.4 Å². The van der Waals surface area contributed by atoms with Gasteiger partial charge in [0.2, 0.25) is 0 Å². The first-order chi connectivity index (χ1) is 42.2. The Morgan fingerprint density at radius 3 is 1.14 bits per heavy atom. The third-order valence-electron chi connectivity index (χ3n) is 14.4. The predicted octanol–water partition coefficient (Wildman–Crippen LogP) is 9.45. The molecule has 22 nitrogen and oxygen atoms in total. The van der Waals surface area contributed by atoms with Gasteiger partial charge in [0.05, 0.1) is 76.6 Å². The monoisotopic (exact) mass is 1250 g/mol. The Labute approximate surface area is 517 Å². The van der Waals surface area contributed by atoms with Gasteiger partial charge in [0, 0.05) is 25.0 Å². The lowest BCUT2D eigenvalue weighted by molar-refractivity contribution is -0.157. The van der Waals surface area contributed by atoms with Crippen LogP contribution in [0.2, 0.25) is 0 Å². The average Bonchev–Trinajstić information content (AvgIpc) is 1.64. The summed E-state index contributed by atoms with van der Waals surface area (Å²) in [6.45, 7) is 12.9. The number of thioether (sulfide) groups is 2. The summed E-state index contributed by atoms with van der Waals surface area (Å²) in [6, 6.07) is 17.3. The zero-order valence-corrected chi connectivity index (χ0v) is 50.9. The molecule has 0 amide bonds. The lowest BCUT2D eigenvalue weighted by Gasteiger charge is -2.27. The van der Waals surface area contributed by atoms with Crippen molar-refractivity contribution in [2.45, 2.75) is 140 Å². The Kier molecular flexibility index (Phi) is 26.4. The molecule has 0 radical (unpaired) electrons. The van der Waals surface area contributed by atoms with Gasteiger partial charge in [-0.2, -0.15) is 10.5 Å². The number of esters is 10. The number of hydrogen-bond acceptors (Lipinski definition) is 24. The van der Waals surface area contributed by atoms with Gasteiger partial charge in [0.15, 0.2) is 0 Å². The average molecular weight is 1250 g/mol. The summed E-state index contributed by atoms with van der Waals surface area (Å²) >= 11 is 2.14. The van der Waals surface area contributed by atoms with Crippen molar-refractivity contribution in [3.8, 4) is 35.1 Å². The summed E-state index contributed by atoms with van der Waals surface area (Å²) in [7, 11) is 0. The topological polar surface area (TPSA) is 311 Å². The first kappa shape index (κ1) is 68.4. The van der Waals surface area contributed by atoms with Crippen molar-refractivity contribution in [2.24, 2.45) is 23.7 Å². The standard InChI is InChI=1S/C64H68N2O20S2/c1-7-50(67)79-35-37(3)81-54(71)27-25-52(69)77-31-29-41-9-21-48(22-10-41)83-60(73)43-13-17-45(18-14-43)62(75)85-56-39(5)40(6)57(59-58(56)87-64(88-59)47(33-65)34-66)86-63(76)46-19-15-44(16-20-46)61(74)84-49-23-11-42(12-24-49)30-32-78-53(70)26-28-55(72)82-38(4)36-80-51(68)8-2/h7-12,21-24,37-38,43-46H,1-2,13-20,25-32,35-36H2,3-6H3. The molecule has 0 bridgehead atoms. The van der Waals surface area contributed by atoms with E-state index in [9.17, 15) is 58.5 Å². The number of fused-ring (bicyclic) bond motifs is 1. The number of rotatable bonds is 28. The number of nitrogens with zero attached hydrogens (tertiary/aromatic N) is 2. The number of carbonyl (C=O) groups excluding carboxylic acids is 10. The molecule has 3 aromatic rings. The minimum atomic E-state index is -0.700. The van der Waals surface area contributed by atoms with E-state index in [-0.39, 0.29) is 69.2 Å². The van der Waals surface area contributed by atoms with Crippen LogP contribution < -0.4 is 18.9 Å². The number of nitriles is 2. The fraction of sp³-hybridized carbons (Fsp3) is 0.438. The first-order valence-electron chi connectivity index (χ1n) is 28.6. The SMILES string of the molecule is C=CC(=O)OCC(C)OC(=O)CCC(=O)OCCc1ccc(OC(=O)C2CCC(C(=O)Oc3c(C)c(C)c(OC(=O)C4CCC(C(=O)Oc5ccc(CCOC(=O)CCC(=O)OC(C)COC(=O)C=C)cc5)CC4)c4c3SC(=C(C#N)C#N)S4)CC2)cc1. The molecule has 6 rings (SSSR count). The molecular weight excluding hydrogens is 1180 g/mol. The smallest absolute Gasteiger partial charge is 0.330 e. The van der Waals surface area contributed by atoms with Gasteiger partial charge in [-0.15, -0.1) is 0 Å². The largest absolute Gasteiger partial charge is 0.465 e. The Hall–Kier alpha value is -8.74. The number of carbonyl (C=O) groups is 10. The van der Waals surface area contributed by atoms with Gasteiger partial charge in [0.25, 0.3) is 0 Å². The maximum Gasteiger partial charge on any atom is 0.330 e. The maximum atomic E-state index is 13.9. The Morgan fingerprint density at radius 2 is 0.818 bits per heavy atom. The highest BCUT2D eigenvalue weighted by Gasteiger charge is 2.38. The maximum absolute atomic E-state index is 13.9. The first-order valence-corrected chi connectivity index (χ1v) is 30.2. The predicted molar refractivity (Wildman–Crippen MR) is 313 cm³/mol. The minimum Gasteiger partial charge on any atom is -0.465 e. The Bertz CT molecular complexity index is 3020. The van der Waals surface area contributed by atoms with Crippen LogP contribution in [0.3, 0.4) is 0 Å². The van der Waals surface area contributed by atoms with Gasteiger partial charge >= 0.3 is 59.7 Å². The minimum absolute atomic E-state index is 0.0467. The highest BCUT2D eigenvalue weighted by molar-refractivity contribution is 8.24. The van der Waals surface area contributed by atoms with Crippen molar-refractivity contribution >= 4 is 83.2 Å². The van der Waals surface area contributed by atoms with Crippen LogP contribution in [0.1, 0.15) is 113 Å². The van der Waals surface area contributed by atoms with Crippen molar-refractivity contribution in [1.29, 1.82) is 10.5 Å². The molecule has 1 heterocycles. The van der Waals surface area contributed by atoms with Crippen LogP contribution >= 0.6 is 23.5 Å². The molecular formula is C64H68N2O20S2. The summed E-state index contributed by atoms with van der Waals surface area (Å²) in [5, 5.41) is 19.6. The van der Waals surface area contributed by atoms with E-state index in [1.54, 1.807) is 76.2 Å². The fourth-order valence-corrected chi connectivity index (χ4v) is 12.0. The van der Waals surface area contributed by atoms with Crippen molar-refractivity contribution in [2.75, 3.05) is 26.4 Å². The highest BCUT2D eigenvalue weighted by atomic mass is 32.2. The molecule has 2 unspecified atom stereocenters. The molecule has 0 aromatic heterocycles. The molecule has 3 aromatic carbocycles. The van der Waals surface area contributed by atoms with Crippen LogP contribution in [0.4, 0.5) is 0 Å². The van der Waals surface area contributed by atoms with E-state index in [2.05, 4.69) is 13.2 Å². The van der Waals surface area contributed by atoms with Crippen LogP contribution in [-0.2, 0) is 89.2 Å². The fourth-order valence-electron chi connectivity index (χ4n) is 9.36. The van der Waals surface area contributed by atoms with Crippen LogP contribution in [0.5, 0.6) is 23.0 Å². The summed E-state index contributed by atoms with van der Waals surface area (Å²) in [5.41, 5.74) is 2.45. The van der Waals surface area contributed by atoms with Crippen molar-refractivity contribution < 1.29 is 95.3 Å². The number of allylic oxidation sites excluding steroid dienone is 1. The van der Waals surface area contributed by atoms with E-state index in [4.69, 9.17) is 47.4 Å². The lowest BCUT2D eigenvalue weighted by atomic mass is 9.82. The van der Waals surface area contributed by atoms with Gasteiger partial charge in [-0.25, -0.2) is 9.59 Å². The number of benzene rings is 3. The number of hydrogen-bond donors (Lipinski definition) is 0. The molecule has 24 heteroatoms. The Balaban J connectivity index is 0.933. The molecule has 0 N–H and O–H groups in total. The van der Waals surface area contributed by atoms with Crippen LogP contribution in [0.15, 0.2) is 93.4 Å². The zero-order chi connectivity index (χ0) is 63.9. The van der Waals surface area contributed by atoms with Crippen LogP contribution in [-0.4, -0.2) is 98.3 Å². The zero-order valence-electron chi connectivity index (χ0n) is 49.3. The number of ether oxygens (including phenoxy) is 10.